The van der Waals surface area contributed by atoms with Gasteiger partial charge in [0.1, 0.15) is 0 Å². The third kappa shape index (κ3) is 2.36. The largest absolute Gasteiger partial charge is 0.327 e. The van der Waals surface area contributed by atoms with Gasteiger partial charge in [0.15, 0.2) is 0 Å². The van der Waals surface area contributed by atoms with E-state index >= 15 is 0 Å². The first kappa shape index (κ1) is 9.72. The molecule has 1 aromatic carbocycles. The Kier molecular flexibility index (Phi) is 3.20. The van der Waals surface area contributed by atoms with Crippen molar-refractivity contribution in [2.75, 3.05) is 0 Å². The van der Waals surface area contributed by atoms with Gasteiger partial charge >= 0.3 is 0 Å². The molecule has 1 fully saturated rings. The molecule has 0 radical (unpaired) electrons. The minimum absolute atomic E-state index is 0.434. The van der Waals surface area contributed by atoms with Gasteiger partial charge < -0.3 is 5.73 Å². The average Bonchev–Trinajstić information content (AvgIpc) is 2.23. The van der Waals surface area contributed by atoms with Crippen molar-refractivity contribution in [1.29, 1.82) is 0 Å². The van der Waals surface area contributed by atoms with E-state index in [4.69, 9.17) is 5.73 Å². The van der Waals surface area contributed by atoms with Crippen LogP contribution in [-0.4, -0.2) is 6.04 Å². The van der Waals surface area contributed by atoms with Crippen LogP contribution in [0.25, 0.3) is 0 Å². The summed E-state index contributed by atoms with van der Waals surface area (Å²) in [5.41, 5.74) is 7.57. The summed E-state index contributed by atoms with van der Waals surface area (Å²) in [6.45, 7) is 0. The van der Waals surface area contributed by atoms with E-state index in [0.29, 0.717) is 12.0 Å². The van der Waals surface area contributed by atoms with Crippen LogP contribution >= 0.6 is 0 Å². The molecule has 0 aliphatic heterocycles. The Morgan fingerprint density at radius 3 is 2.50 bits per heavy atom. The first-order valence-corrected chi connectivity index (χ1v) is 5.66. The Bertz CT molecular complexity index is 268. The molecule has 1 aliphatic carbocycles. The van der Waals surface area contributed by atoms with E-state index in [9.17, 15) is 0 Å². The summed E-state index contributed by atoms with van der Waals surface area (Å²) < 4.78 is 0. The molecule has 0 saturated heterocycles. The molecule has 0 bridgehead atoms. The van der Waals surface area contributed by atoms with Gasteiger partial charge in [0, 0.05) is 6.04 Å². The van der Waals surface area contributed by atoms with Gasteiger partial charge in [0.2, 0.25) is 0 Å². The van der Waals surface area contributed by atoms with Crippen LogP contribution in [0.15, 0.2) is 30.3 Å². The lowest BCUT2D eigenvalue weighted by atomic mass is 9.81. The Labute approximate surface area is 86.3 Å². The van der Waals surface area contributed by atoms with E-state index in [-0.39, 0.29) is 0 Å². The molecule has 1 heteroatoms. The summed E-state index contributed by atoms with van der Waals surface area (Å²) in [5.74, 6) is 0.714. The van der Waals surface area contributed by atoms with Crippen molar-refractivity contribution in [2.24, 2.45) is 11.7 Å². The number of nitrogens with two attached hydrogens (primary N) is 1. The number of hydrogen-bond acceptors (Lipinski definition) is 1. The van der Waals surface area contributed by atoms with Crippen molar-refractivity contribution in [3.8, 4) is 0 Å². The van der Waals surface area contributed by atoms with Crippen LogP contribution in [0.5, 0.6) is 0 Å². The minimum Gasteiger partial charge on any atom is -0.327 e. The van der Waals surface area contributed by atoms with E-state index in [1.807, 2.05) is 0 Å². The highest BCUT2D eigenvalue weighted by Crippen LogP contribution is 2.25. The van der Waals surface area contributed by atoms with Crippen LogP contribution in [0, 0.1) is 5.92 Å². The molecule has 0 heterocycles. The number of benzene rings is 1. The SMILES string of the molecule is NC1CCCCC1Cc1ccccc1. The molecule has 0 amide bonds. The predicted molar refractivity (Wildman–Crippen MR) is 60.1 cm³/mol. The molecule has 76 valence electrons. The summed E-state index contributed by atoms with van der Waals surface area (Å²) >= 11 is 0. The highest BCUT2D eigenvalue weighted by Gasteiger charge is 2.21. The Morgan fingerprint density at radius 2 is 1.79 bits per heavy atom. The lowest BCUT2D eigenvalue weighted by Crippen LogP contribution is -2.34. The van der Waals surface area contributed by atoms with Gasteiger partial charge in [-0.25, -0.2) is 0 Å². The average molecular weight is 189 g/mol. The van der Waals surface area contributed by atoms with Crippen molar-refractivity contribution in [1.82, 2.24) is 0 Å². The smallest absolute Gasteiger partial charge is 0.00703 e. The zero-order chi connectivity index (χ0) is 9.80. The van der Waals surface area contributed by atoms with Gasteiger partial charge in [0.25, 0.3) is 0 Å². The van der Waals surface area contributed by atoms with Gasteiger partial charge in [-0.15, -0.1) is 0 Å². The first-order valence-electron chi connectivity index (χ1n) is 5.66. The molecule has 1 aliphatic rings. The van der Waals surface area contributed by atoms with Crippen LogP contribution in [0.1, 0.15) is 31.2 Å². The monoisotopic (exact) mass is 189 g/mol. The van der Waals surface area contributed by atoms with Crippen LogP contribution in [-0.2, 0) is 6.42 Å². The molecule has 14 heavy (non-hydrogen) atoms. The van der Waals surface area contributed by atoms with Crippen LogP contribution in [0.4, 0.5) is 0 Å². The fraction of sp³-hybridized carbons (Fsp3) is 0.538. The molecule has 2 unspecified atom stereocenters. The maximum Gasteiger partial charge on any atom is 0.00703 e. The lowest BCUT2D eigenvalue weighted by molar-refractivity contribution is 0.306. The second kappa shape index (κ2) is 4.61. The second-order valence-corrected chi connectivity index (χ2v) is 4.40. The molecule has 1 saturated carbocycles. The van der Waals surface area contributed by atoms with Gasteiger partial charge in [-0.05, 0) is 30.7 Å². The molecule has 0 aromatic heterocycles. The van der Waals surface area contributed by atoms with Gasteiger partial charge in [-0.1, -0.05) is 43.2 Å². The maximum atomic E-state index is 6.13. The molecule has 1 aromatic rings. The van der Waals surface area contributed by atoms with E-state index in [0.717, 1.165) is 0 Å². The van der Waals surface area contributed by atoms with Gasteiger partial charge in [0.05, 0.1) is 0 Å². The minimum atomic E-state index is 0.434. The van der Waals surface area contributed by atoms with Crippen LogP contribution < -0.4 is 5.73 Å². The number of rotatable bonds is 2. The quantitative estimate of drug-likeness (QED) is 0.760. The summed E-state index contributed by atoms with van der Waals surface area (Å²) in [5, 5.41) is 0. The highest BCUT2D eigenvalue weighted by atomic mass is 14.7. The van der Waals surface area contributed by atoms with E-state index in [1.165, 1.54) is 37.7 Å². The molecule has 2 rings (SSSR count). The van der Waals surface area contributed by atoms with Crippen molar-refractivity contribution < 1.29 is 0 Å². The molecule has 2 atom stereocenters. The summed E-state index contributed by atoms with van der Waals surface area (Å²) in [4.78, 5) is 0. The summed E-state index contributed by atoms with van der Waals surface area (Å²) in [7, 11) is 0. The molecular weight excluding hydrogens is 170 g/mol. The molecule has 2 N–H and O–H groups in total. The molecule has 0 spiro atoms. The third-order valence-electron chi connectivity index (χ3n) is 3.31. The van der Waals surface area contributed by atoms with Crippen molar-refractivity contribution in [2.45, 2.75) is 38.1 Å². The summed E-state index contributed by atoms with van der Waals surface area (Å²) in [6.07, 6.45) is 6.40. The standard InChI is InChI=1S/C13H19N/c14-13-9-5-4-8-12(13)10-11-6-2-1-3-7-11/h1-3,6-7,12-13H,4-5,8-10,14H2. The fourth-order valence-electron chi connectivity index (χ4n) is 2.41. The highest BCUT2D eigenvalue weighted by molar-refractivity contribution is 5.15. The van der Waals surface area contributed by atoms with E-state index in [2.05, 4.69) is 30.3 Å². The Hall–Kier alpha value is -0.820. The van der Waals surface area contributed by atoms with Gasteiger partial charge in [-0.2, -0.15) is 0 Å². The fourth-order valence-corrected chi connectivity index (χ4v) is 2.41. The lowest BCUT2D eigenvalue weighted by Gasteiger charge is -2.28. The second-order valence-electron chi connectivity index (χ2n) is 4.40. The molecular formula is C13H19N. The van der Waals surface area contributed by atoms with Crippen molar-refractivity contribution in [3.63, 3.8) is 0 Å². The first-order chi connectivity index (χ1) is 6.86. The zero-order valence-electron chi connectivity index (χ0n) is 8.65. The maximum absolute atomic E-state index is 6.13. The third-order valence-corrected chi connectivity index (χ3v) is 3.31. The predicted octanol–water partition coefficient (Wildman–Crippen LogP) is 2.75. The zero-order valence-corrected chi connectivity index (χ0v) is 8.65. The van der Waals surface area contributed by atoms with Crippen molar-refractivity contribution in [3.05, 3.63) is 35.9 Å². The van der Waals surface area contributed by atoms with Crippen LogP contribution in [0.3, 0.4) is 0 Å². The van der Waals surface area contributed by atoms with E-state index in [1.54, 1.807) is 0 Å². The summed E-state index contributed by atoms with van der Waals surface area (Å²) in [6, 6.07) is 11.2. The van der Waals surface area contributed by atoms with Crippen LogP contribution in [0.2, 0.25) is 0 Å². The Morgan fingerprint density at radius 1 is 1.07 bits per heavy atom. The van der Waals surface area contributed by atoms with Crippen molar-refractivity contribution >= 4 is 0 Å². The molecule has 1 nitrogen and oxygen atoms in total. The topological polar surface area (TPSA) is 26.0 Å². The number of hydrogen-bond donors (Lipinski definition) is 1. The normalized spacial score (nSPS) is 27.5. The van der Waals surface area contributed by atoms with Gasteiger partial charge in [-0.3, -0.25) is 0 Å². The Balaban J connectivity index is 1.96. The van der Waals surface area contributed by atoms with E-state index < -0.39 is 0 Å².